The molecular weight excluding hydrogens is 276 g/mol. The Balaban J connectivity index is 1.86. The van der Waals surface area contributed by atoms with E-state index in [-0.39, 0.29) is 11.8 Å². The van der Waals surface area contributed by atoms with Crippen LogP contribution >= 0.6 is 0 Å². The number of hydrogen-bond donors (Lipinski definition) is 1. The maximum atomic E-state index is 11.8. The van der Waals surface area contributed by atoms with Crippen molar-refractivity contribution in [3.8, 4) is 0 Å². The molecule has 1 atom stereocenters. The van der Waals surface area contributed by atoms with Crippen LogP contribution in [0.3, 0.4) is 0 Å². The van der Waals surface area contributed by atoms with Gasteiger partial charge in [-0.3, -0.25) is 9.97 Å². The highest BCUT2D eigenvalue weighted by Gasteiger charge is 2.27. The van der Waals surface area contributed by atoms with Crippen molar-refractivity contribution in [1.29, 1.82) is 0 Å². The van der Waals surface area contributed by atoms with Gasteiger partial charge in [0.25, 0.3) is 0 Å². The highest BCUT2D eigenvalue weighted by atomic mass is 32.2. The van der Waals surface area contributed by atoms with Crippen molar-refractivity contribution >= 4 is 10.0 Å². The minimum atomic E-state index is -3.04. The lowest BCUT2D eigenvalue weighted by Crippen LogP contribution is -2.45. The van der Waals surface area contributed by atoms with Gasteiger partial charge in [-0.05, 0) is 26.7 Å². The fourth-order valence-electron chi connectivity index (χ4n) is 2.46. The molecule has 1 aromatic rings. The molecule has 0 spiro atoms. The summed E-state index contributed by atoms with van der Waals surface area (Å²) < 4.78 is 25.2. The maximum Gasteiger partial charge on any atom is 0.213 e. The predicted octanol–water partition coefficient (Wildman–Crippen LogP) is 0.941. The van der Waals surface area contributed by atoms with E-state index < -0.39 is 10.0 Å². The zero-order valence-electron chi connectivity index (χ0n) is 12.0. The van der Waals surface area contributed by atoms with E-state index in [0.29, 0.717) is 19.1 Å². The molecule has 1 fully saturated rings. The van der Waals surface area contributed by atoms with Gasteiger partial charge < -0.3 is 5.32 Å². The molecule has 112 valence electrons. The standard InChI is InChI=1S/C13H22N4O2S/c1-3-20(18,19)17-8-4-12(5-9-17)16-11(2)13-10-14-6-7-15-13/h6-7,10-12,16H,3-5,8-9H2,1-2H3. The minimum Gasteiger partial charge on any atom is -0.306 e. The lowest BCUT2D eigenvalue weighted by atomic mass is 10.1. The first kappa shape index (κ1) is 15.3. The molecule has 1 unspecified atom stereocenters. The van der Waals surface area contributed by atoms with Crippen LogP contribution in [0.25, 0.3) is 0 Å². The molecule has 6 nitrogen and oxygen atoms in total. The van der Waals surface area contributed by atoms with E-state index in [1.807, 2.05) is 0 Å². The Bertz CT molecular complexity index is 512. The van der Waals surface area contributed by atoms with Gasteiger partial charge in [-0.15, -0.1) is 0 Å². The summed E-state index contributed by atoms with van der Waals surface area (Å²) in [6.45, 7) is 4.94. The quantitative estimate of drug-likeness (QED) is 0.875. The van der Waals surface area contributed by atoms with E-state index in [9.17, 15) is 8.42 Å². The molecule has 1 N–H and O–H groups in total. The number of nitrogens with one attached hydrogen (secondary N) is 1. The molecule has 1 aromatic heterocycles. The molecule has 0 amide bonds. The molecule has 0 saturated carbocycles. The fraction of sp³-hybridized carbons (Fsp3) is 0.692. The van der Waals surface area contributed by atoms with Crippen LogP contribution in [0.15, 0.2) is 18.6 Å². The van der Waals surface area contributed by atoms with E-state index in [0.717, 1.165) is 18.5 Å². The van der Waals surface area contributed by atoms with Gasteiger partial charge in [0, 0.05) is 43.8 Å². The van der Waals surface area contributed by atoms with Crippen molar-refractivity contribution in [3.05, 3.63) is 24.3 Å². The minimum absolute atomic E-state index is 0.128. The number of piperidine rings is 1. The lowest BCUT2D eigenvalue weighted by Gasteiger charge is -2.32. The average molecular weight is 298 g/mol. The Hall–Kier alpha value is -1.05. The lowest BCUT2D eigenvalue weighted by molar-refractivity contribution is 0.276. The molecule has 20 heavy (non-hydrogen) atoms. The summed E-state index contributed by atoms with van der Waals surface area (Å²) in [6.07, 6.45) is 6.77. The molecular formula is C13H22N4O2S. The Labute approximate surface area is 120 Å². The SMILES string of the molecule is CCS(=O)(=O)N1CCC(NC(C)c2cnccn2)CC1. The van der Waals surface area contributed by atoms with Crippen LogP contribution in [0.2, 0.25) is 0 Å². The van der Waals surface area contributed by atoms with Crippen LogP contribution in [-0.4, -0.2) is 47.6 Å². The topological polar surface area (TPSA) is 75.2 Å². The van der Waals surface area contributed by atoms with E-state index in [1.165, 1.54) is 0 Å². The Morgan fingerprint density at radius 1 is 1.40 bits per heavy atom. The van der Waals surface area contributed by atoms with Gasteiger partial charge in [-0.1, -0.05) is 0 Å². The summed E-state index contributed by atoms with van der Waals surface area (Å²) in [4.78, 5) is 8.34. The second kappa shape index (κ2) is 6.60. The predicted molar refractivity (Wildman–Crippen MR) is 77.6 cm³/mol. The molecule has 0 bridgehead atoms. The van der Waals surface area contributed by atoms with Gasteiger partial charge in [-0.2, -0.15) is 0 Å². The Morgan fingerprint density at radius 2 is 2.10 bits per heavy atom. The molecule has 1 aliphatic heterocycles. The van der Waals surface area contributed by atoms with Crippen molar-refractivity contribution in [2.45, 2.75) is 38.8 Å². The Morgan fingerprint density at radius 3 is 2.65 bits per heavy atom. The molecule has 2 rings (SSSR count). The van der Waals surface area contributed by atoms with Crippen LogP contribution in [0, 0.1) is 0 Å². The van der Waals surface area contributed by atoms with Gasteiger partial charge in [-0.25, -0.2) is 12.7 Å². The van der Waals surface area contributed by atoms with Crippen LogP contribution in [0.5, 0.6) is 0 Å². The third kappa shape index (κ3) is 3.74. The van der Waals surface area contributed by atoms with Crippen molar-refractivity contribution < 1.29 is 8.42 Å². The molecule has 1 aliphatic rings. The number of hydrogen-bond acceptors (Lipinski definition) is 5. The third-order valence-corrected chi connectivity index (χ3v) is 5.61. The average Bonchev–Trinajstić information content (AvgIpc) is 2.48. The maximum absolute atomic E-state index is 11.8. The van der Waals surface area contributed by atoms with Crippen LogP contribution in [0.1, 0.15) is 38.4 Å². The molecule has 0 aliphatic carbocycles. The summed E-state index contributed by atoms with van der Waals surface area (Å²) >= 11 is 0. The molecule has 1 saturated heterocycles. The van der Waals surface area contributed by atoms with Gasteiger partial charge in [0.2, 0.25) is 10.0 Å². The smallest absolute Gasteiger partial charge is 0.213 e. The van der Waals surface area contributed by atoms with E-state index >= 15 is 0 Å². The highest BCUT2D eigenvalue weighted by molar-refractivity contribution is 7.89. The van der Waals surface area contributed by atoms with Crippen LogP contribution in [0.4, 0.5) is 0 Å². The van der Waals surface area contributed by atoms with Gasteiger partial charge in [0.05, 0.1) is 11.4 Å². The van der Waals surface area contributed by atoms with Gasteiger partial charge >= 0.3 is 0 Å². The van der Waals surface area contributed by atoms with Crippen LogP contribution in [-0.2, 0) is 10.0 Å². The zero-order chi connectivity index (χ0) is 14.6. The first-order valence-electron chi connectivity index (χ1n) is 7.02. The molecule has 0 aromatic carbocycles. The van der Waals surface area contributed by atoms with Crippen molar-refractivity contribution in [2.75, 3.05) is 18.8 Å². The van der Waals surface area contributed by atoms with Crippen molar-refractivity contribution in [2.24, 2.45) is 0 Å². The molecule has 0 radical (unpaired) electrons. The number of sulfonamides is 1. The summed E-state index contributed by atoms with van der Waals surface area (Å²) in [5.74, 6) is 0.182. The number of aromatic nitrogens is 2. The normalized spacial score (nSPS) is 19.9. The third-order valence-electron chi connectivity index (χ3n) is 3.72. The monoisotopic (exact) mass is 298 g/mol. The van der Waals surface area contributed by atoms with Crippen molar-refractivity contribution in [1.82, 2.24) is 19.6 Å². The molecule has 2 heterocycles. The fourth-order valence-corrected chi connectivity index (χ4v) is 3.59. The van der Waals surface area contributed by atoms with E-state index in [1.54, 1.807) is 29.8 Å². The summed E-state index contributed by atoms with van der Waals surface area (Å²) in [7, 11) is -3.04. The largest absolute Gasteiger partial charge is 0.306 e. The number of nitrogens with zero attached hydrogens (tertiary/aromatic N) is 3. The molecule has 7 heteroatoms. The first-order chi connectivity index (χ1) is 9.53. The number of rotatable bonds is 5. The first-order valence-corrected chi connectivity index (χ1v) is 8.63. The van der Waals surface area contributed by atoms with Crippen molar-refractivity contribution in [3.63, 3.8) is 0 Å². The van der Waals surface area contributed by atoms with E-state index in [4.69, 9.17) is 0 Å². The summed E-state index contributed by atoms with van der Waals surface area (Å²) in [6, 6.07) is 0.457. The summed E-state index contributed by atoms with van der Waals surface area (Å²) in [5.41, 5.74) is 0.913. The highest BCUT2D eigenvalue weighted by Crippen LogP contribution is 2.17. The second-order valence-corrected chi connectivity index (χ2v) is 7.35. The second-order valence-electron chi connectivity index (χ2n) is 5.09. The summed E-state index contributed by atoms with van der Waals surface area (Å²) in [5, 5.41) is 3.50. The van der Waals surface area contributed by atoms with E-state index in [2.05, 4.69) is 22.2 Å². The van der Waals surface area contributed by atoms with Crippen LogP contribution < -0.4 is 5.32 Å². The van der Waals surface area contributed by atoms with Gasteiger partial charge in [0.1, 0.15) is 0 Å². The zero-order valence-corrected chi connectivity index (χ0v) is 12.8. The Kier molecular flexibility index (Phi) is 5.06. The van der Waals surface area contributed by atoms with Gasteiger partial charge in [0.15, 0.2) is 0 Å².